The van der Waals surface area contributed by atoms with E-state index < -0.39 is 24.6 Å². The van der Waals surface area contributed by atoms with Crippen molar-refractivity contribution >= 4 is 13.5 Å². The first kappa shape index (κ1) is 29.6. The van der Waals surface area contributed by atoms with Crippen molar-refractivity contribution in [3.8, 4) is 0 Å². The fourth-order valence-electron chi connectivity index (χ4n) is 4.82. The average molecular weight is 506 g/mol. The van der Waals surface area contributed by atoms with Gasteiger partial charge in [0.1, 0.15) is 5.60 Å². The van der Waals surface area contributed by atoms with Gasteiger partial charge in [-0.3, -0.25) is 4.57 Å². The van der Waals surface area contributed by atoms with Gasteiger partial charge < -0.3 is 14.6 Å². The largest absolute Gasteiger partial charge is 0.444 e. The molecule has 0 aliphatic heterocycles. The molecule has 3 atom stereocenters. The van der Waals surface area contributed by atoms with E-state index in [-0.39, 0.29) is 0 Å². The van der Waals surface area contributed by atoms with Crippen LogP contribution in [0.3, 0.4) is 0 Å². The molecule has 1 aromatic rings. The summed E-state index contributed by atoms with van der Waals surface area (Å²) >= 11 is 0. The summed E-state index contributed by atoms with van der Waals surface area (Å²) in [5.74, 6) is 1.97. The Morgan fingerprint density at radius 1 is 1.11 bits per heavy atom. The van der Waals surface area contributed by atoms with E-state index in [2.05, 4.69) is 36.5 Å². The molecule has 1 amide bonds. The second-order valence-corrected chi connectivity index (χ2v) is 13.5. The van der Waals surface area contributed by atoms with E-state index in [1.54, 1.807) is 12.5 Å². The zero-order chi connectivity index (χ0) is 26.0. The predicted octanol–water partition coefficient (Wildman–Crippen LogP) is 8.58. The van der Waals surface area contributed by atoms with Crippen LogP contribution >= 0.6 is 7.37 Å². The van der Waals surface area contributed by atoms with Gasteiger partial charge in [0.25, 0.3) is 0 Å². The van der Waals surface area contributed by atoms with Crippen LogP contribution in [0.25, 0.3) is 0 Å². The van der Waals surface area contributed by atoms with Gasteiger partial charge in [0.15, 0.2) is 0 Å². The van der Waals surface area contributed by atoms with Crippen molar-refractivity contribution in [2.45, 2.75) is 116 Å². The second kappa shape index (κ2) is 13.7. The molecule has 1 unspecified atom stereocenters. The minimum absolute atomic E-state index is 0.320. The van der Waals surface area contributed by atoms with E-state index in [0.717, 1.165) is 25.7 Å². The van der Waals surface area contributed by atoms with E-state index in [1.165, 1.54) is 49.7 Å². The van der Waals surface area contributed by atoms with Crippen LogP contribution < -0.4 is 5.32 Å². The highest BCUT2D eigenvalue weighted by Crippen LogP contribution is 2.48. The monoisotopic (exact) mass is 505 g/mol. The number of carbonyl (C=O) groups is 1. The van der Waals surface area contributed by atoms with Crippen LogP contribution in [-0.4, -0.2) is 30.5 Å². The van der Waals surface area contributed by atoms with Gasteiger partial charge in [0, 0.05) is 6.66 Å². The minimum atomic E-state index is -2.86. The van der Waals surface area contributed by atoms with Gasteiger partial charge in [-0.15, -0.1) is 0 Å². The highest BCUT2D eigenvalue weighted by Gasteiger charge is 2.40. The summed E-state index contributed by atoms with van der Waals surface area (Å²) in [4.78, 5) is 12.7. The summed E-state index contributed by atoms with van der Waals surface area (Å²) in [5.41, 5.74) is 1.50. The summed E-state index contributed by atoms with van der Waals surface area (Å²) in [6, 6.07) is 9.01. The van der Waals surface area contributed by atoms with Crippen molar-refractivity contribution in [3.05, 3.63) is 47.3 Å². The van der Waals surface area contributed by atoms with Crippen LogP contribution in [0.5, 0.6) is 0 Å². The number of rotatable bonds is 13. The summed E-state index contributed by atoms with van der Waals surface area (Å²) in [6.07, 6.45) is 12.9. The third-order valence-corrected chi connectivity index (χ3v) is 8.08. The number of benzene rings is 1. The van der Waals surface area contributed by atoms with Crippen LogP contribution in [0, 0.1) is 0 Å². The molecule has 5 nitrogen and oxygen atoms in total. The smallest absolute Gasteiger partial charge is 0.408 e. The van der Waals surface area contributed by atoms with Crippen molar-refractivity contribution < 1.29 is 18.6 Å². The molecule has 0 spiro atoms. The maximum absolute atomic E-state index is 12.7. The second-order valence-electron chi connectivity index (χ2n) is 11.1. The molecule has 1 aliphatic carbocycles. The van der Waals surface area contributed by atoms with Gasteiger partial charge >= 0.3 is 6.09 Å². The fourth-order valence-corrected chi connectivity index (χ4v) is 5.97. The molecular weight excluding hydrogens is 457 g/mol. The van der Waals surface area contributed by atoms with Crippen LogP contribution in [0.2, 0.25) is 0 Å². The van der Waals surface area contributed by atoms with Crippen molar-refractivity contribution in [2.24, 2.45) is 0 Å². The summed E-state index contributed by atoms with van der Waals surface area (Å²) in [5, 5.41) is 3.10. The Labute approximate surface area is 213 Å². The van der Waals surface area contributed by atoms with Crippen molar-refractivity contribution in [3.63, 3.8) is 0 Å². The van der Waals surface area contributed by atoms with Crippen molar-refractivity contribution in [2.75, 3.05) is 13.3 Å². The third-order valence-electron chi connectivity index (χ3n) is 6.62. The molecule has 1 N–H and O–H groups in total. The molecule has 1 aromatic carbocycles. The third kappa shape index (κ3) is 10.9. The van der Waals surface area contributed by atoms with Gasteiger partial charge in [-0.25, -0.2) is 4.79 Å². The predicted molar refractivity (Wildman–Crippen MR) is 147 cm³/mol. The van der Waals surface area contributed by atoms with E-state index in [9.17, 15) is 9.36 Å². The van der Waals surface area contributed by atoms with Gasteiger partial charge in [0.2, 0.25) is 7.37 Å². The first-order chi connectivity index (χ1) is 16.5. The number of alkyl carbamates (subject to hydrolysis) is 1. The Morgan fingerprint density at radius 2 is 1.77 bits per heavy atom. The molecule has 0 radical (unpaired) electrons. The van der Waals surface area contributed by atoms with Gasteiger partial charge in [-0.1, -0.05) is 69.4 Å². The van der Waals surface area contributed by atoms with Gasteiger partial charge in [0.05, 0.1) is 12.1 Å². The number of hydrogen-bond acceptors (Lipinski definition) is 4. The number of nitrogens with one attached hydrogen (secondary N) is 1. The topological polar surface area (TPSA) is 64.6 Å². The first-order valence-corrected chi connectivity index (χ1v) is 15.6. The Kier molecular flexibility index (Phi) is 11.6. The standard InChI is InChI=1S/C29H48NO4P/c1-7-9-10-11-12-13-14-24-15-17-25(18-16-24)26-19-20-29(23-26,21-22-35(6,32)33-8-2)30-27(31)34-28(3,4)5/h15-18,21-22,26H,7-14,19-20,23H2,1-6H3,(H,30,31)/b22-21+/t26-,29-,35?/m0/s1. The van der Waals surface area contributed by atoms with E-state index in [4.69, 9.17) is 9.26 Å². The SMILES string of the molecule is CCCCCCCCc1ccc([C@H]2CC[C@@](/C=C/P(C)(=O)OCC)(NC(=O)OC(C)(C)C)C2)cc1. The van der Waals surface area contributed by atoms with E-state index in [1.807, 2.05) is 33.8 Å². The number of carbonyl (C=O) groups excluding carboxylic acids is 1. The molecular formula is C29H48NO4P. The van der Waals surface area contributed by atoms with E-state index >= 15 is 0 Å². The zero-order valence-electron chi connectivity index (χ0n) is 22.9. The molecule has 1 aliphatic rings. The summed E-state index contributed by atoms with van der Waals surface area (Å²) < 4.78 is 23.7. The minimum Gasteiger partial charge on any atom is -0.444 e. The molecule has 1 saturated carbocycles. The lowest BCUT2D eigenvalue weighted by Gasteiger charge is -2.30. The van der Waals surface area contributed by atoms with Gasteiger partial charge in [-0.05, 0) is 82.7 Å². The molecule has 0 bridgehead atoms. The van der Waals surface area contributed by atoms with Crippen molar-refractivity contribution in [1.29, 1.82) is 0 Å². The number of unbranched alkanes of at least 4 members (excludes halogenated alkanes) is 5. The number of aryl methyl sites for hydroxylation is 1. The normalized spacial score (nSPS) is 22.3. The maximum Gasteiger partial charge on any atom is 0.408 e. The van der Waals surface area contributed by atoms with Gasteiger partial charge in [-0.2, -0.15) is 0 Å². The molecule has 0 heterocycles. The quantitative estimate of drug-likeness (QED) is 0.215. The van der Waals surface area contributed by atoms with Crippen molar-refractivity contribution in [1.82, 2.24) is 5.32 Å². The Balaban J connectivity index is 2.06. The fraction of sp³-hybridized carbons (Fsp3) is 0.690. The number of amides is 1. The molecule has 1 fully saturated rings. The molecule has 6 heteroatoms. The molecule has 198 valence electrons. The Hall–Kier alpha value is -1.58. The number of ether oxygens (including phenoxy) is 1. The lowest BCUT2D eigenvalue weighted by atomic mass is 9.91. The summed E-state index contributed by atoms with van der Waals surface area (Å²) in [7, 11) is -2.86. The molecule has 2 rings (SSSR count). The van der Waals surface area contributed by atoms with E-state index in [0.29, 0.717) is 12.5 Å². The first-order valence-electron chi connectivity index (χ1n) is 13.5. The molecule has 35 heavy (non-hydrogen) atoms. The Morgan fingerprint density at radius 3 is 2.40 bits per heavy atom. The highest BCUT2D eigenvalue weighted by atomic mass is 31.2. The van der Waals surface area contributed by atoms with Crippen LogP contribution in [0.1, 0.15) is 109 Å². The maximum atomic E-state index is 12.7. The Bertz CT molecular complexity index is 858. The lowest BCUT2D eigenvalue weighted by molar-refractivity contribution is 0.0478. The highest BCUT2D eigenvalue weighted by molar-refractivity contribution is 7.61. The van der Waals surface area contributed by atoms with Crippen LogP contribution in [0.15, 0.2) is 36.2 Å². The zero-order valence-corrected chi connectivity index (χ0v) is 23.8. The molecule has 0 aromatic heterocycles. The van der Waals surface area contributed by atoms with Crippen LogP contribution in [0.4, 0.5) is 4.79 Å². The summed E-state index contributed by atoms with van der Waals surface area (Å²) in [6.45, 7) is 11.7. The molecule has 0 saturated heterocycles. The van der Waals surface area contributed by atoms with Crippen LogP contribution in [-0.2, 0) is 20.2 Å². The lowest BCUT2D eigenvalue weighted by Crippen LogP contribution is -2.47. The number of hydrogen-bond donors (Lipinski definition) is 1. The average Bonchev–Trinajstić information content (AvgIpc) is 3.18.